The molecule has 2 atom stereocenters. The van der Waals surface area contributed by atoms with Gasteiger partial charge in [-0.05, 0) is 38.0 Å². The molecule has 0 aromatic carbocycles. The summed E-state index contributed by atoms with van der Waals surface area (Å²) in [6.07, 6.45) is 9.86. The summed E-state index contributed by atoms with van der Waals surface area (Å²) in [5.74, 6) is 2.03. The monoisotopic (exact) mass is 136 g/mol. The summed E-state index contributed by atoms with van der Waals surface area (Å²) >= 11 is 0. The van der Waals surface area contributed by atoms with Crippen LogP contribution >= 0.6 is 0 Å². The minimum Gasteiger partial charge on any atom is -0.0822 e. The van der Waals surface area contributed by atoms with Gasteiger partial charge >= 0.3 is 0 Å². The predicted molar refractivity (Wildman–Crippen MR) is 43.8 cm³/mol. The molecule has 1 fully saturated rings. The fraction of sp³-hybridized carbons (Fsp3) is 0.800. The smallest absolute Gasteiger partial charge is 0.0200 e. The van der Waals surface area contributed by atoms with Crippen LogP contribution in [0.5, 0.6) is 0 Å². The van der Waals surface area contributed by atoms with Crippen LogP contribution in [0.15, 0.2) is 11.6 Å². The lowest BCUT2D eigenvalue weighted by Crippen LogP contribution is -2.12. The van der Waals surface area contributed by atoms with Gasteiger partial charge in [0.15, 0.2) is 0 Å². The molecular weight excluding hydrogens is 120 g/mol. The maximum Gasteiger partial charge on any atom is -0.0200 e. The van der Waals surface area contributed by atoms with E-state index in [0.717, 1.165) is 11.8 Å². The van der Waals surface area contributed by atoms with Crippen LogP contribution in [0.3, 0.4) is 0 Å². The highest BCUT2D eigenvalue weighted by molar-refractivity contribution is 5.12. The molecule has 2 rings (SSSR count). The zero-order valence-corrected chi connectivity index (χ0v) is 6.77. The topological polar surface area (TPSA) is 0 Å². The Kier molecular flexibility index (Phi) is 1.55. The van der Waals surface area contributed by atoms with Gasteiger partial charge in [-0.15, -0.1) is 0 Å². The lowest BCUT2D eigenvalue weighted by molar-refractivity contribution is 0.303. The van der Waals surface area contributed by atoms with Crippen LogP contribution in [0.2, 0.25) is 0 Å². The Morgan fingerprint density at radius 1 is 1.30 bits per heavy atom. The van der Waals surface area contributed by atoms with E-state index in [-0.39, 0.29) is 0 Å². The Morgan fingerprint density at radius 3 is 2.90 bits per heavy atom. The highest BCUT2D eigenvalue weighted by atomic mass is 14.3. The number of allylic oxidation sites excluding steroid dienone is 2. The van der Waals surface area contributed by atoms with Crippen molar-refractivity contribution in [2.24, 2.45) is 11.8 Å². The summed E-state index contributed by atoms with van der Waals surface area (Å²) in [6, 6.07) is 0. The molecular formula is C10H16. The molecule has 0 aromatic rings. The molecule has 56 valence electrons. The molecule has 0 N–H and O–H groups in total. The van der Waals surface area contributed by atoms with Crippen LogP contribution < -0.4 is 0 Å². The van der Waals surface area contributed by atoms with Gasteiger partial charge in [-0.25, -0.2) is 0 Å². The van der Waals surface area contributed by atoms with Crippen molar-refractivity contribution >= 4 is 0 Å². The van der Waals surface area contributed by atoms with Crippen LogP contribution in [0.1, 0.15) is 39.0 Å². The molecule has 0 saturated heterocycles. The van der Waals surface area contributed by atoms with Gasteiger partial charge in [-0.1, -0.05) is 24.5 Å². The van der Waals surface area contributed by atoms with Crippen molar-refractivity contribution in [1.29, 1.82) is 0 Å². The molecule has 0 aliphatic heterocycles. The number of hydrogen-bond donors (Lipinski definition) is 0. The summed E-state index contributed by atoms with van der Waals surface area (Å²) in [6.45, 7) is 2.29. The highest BCUT2D eigenvalue weighted by Crippen LogP contribution is 2.40. The number of fused-ring (bicyclic) bond motifs is 1. The van der Waals surface area contributed by atoms with Crippen molar-refractivity contribution in [3.8, 4) is 0 Å². The van der Waals surface area contributed by atoms with Crippen molar-refractivity contribution in [1.82, 2.24) is 0 Å². The molecule has 0 spiro atoms. The second kappa shape index (κ2) is 2.41. The molecule has 0 aromatic heterocycles. The summed E-state index contributed by atoms with van der Waals surface area (Å²) in [5, 5.41) is 0. The second-order valence-electron chi connectivity index (χ2n) is 3.93. The average molecular weight is 136 g/mol. The summed E-state index contributed by atoms with van der Waals surface area (Å²) in [4.78, 5) is 0. The van der Waals surface area contributed by atoms with Crippen LogP contribution in [0.25, 0.3) is 0 Å². The minimum absolute atomic E-state index is 0.980. The third kappa shape index (κ3) is 1.00. The molecule has 10 heavy (non-hydrogen) atoms. The van der Waals surface area contributed by atoms with Gasteiger partial charge in [0, 0.05) is 0 Å². The average Bonchev–Trinajstić information content (AvgIpc) is 2.27. The van der Waals surface area contributed by atoms with E-state index in [1.54, 1.807) is 5.57 Å². The molecule has 0 radical (unpaired) electrons. The van der Waals surface area contributed by atoms with Gasteiger partial charge in [0.1, 0.15) is 0 Å². The molecule has 0 nitrogen and oxygen atoms in total. The quantitative estimate of drug-likeness (QED) is 0.449. The summed E-state index contributed by atoms with van der Waals surface area (Å²) in [5.41, 5.74) is 1.65. The van der Waals surface area contributed by atoms with Crippen molar-refractivity contribution in [2.75, 3.05) is 0 Å². The number of rotatable bonds is 0. The largest absolute Gasteiger partial charge is 0.0822 e. The molecule has 2 aliphatic carbocycles. The Balaban J connectivity index is 2.06. The van der Waals surface area contributed by atoms with Gasteiger partial charge in [-0.2, -0.15) is 0 Å². The summed E-state index contributed by atoms with van der Waals surface area (Å²) < 4.78 is 0. The molecule has 0 heterocycles. The Labute approximate surface area is 63.3 Å². The lowest BCUT2D eigenvalue weighted by Gasteiger charge is -2.24. The van der Waals surface area contributed by atoms with Gasteiger partial charge in [0.2, 0.25) is 0 Å². The van der Waals surface area contributed by atoms with Crippen LogP contribution in [0, 0.1) is 11.8 Å². The number of hydrogen-bond acceptors (Lipinski definition) is 0. The first kappa shape index (κ1) is 6.45. The van der Waals surface area contributed by atoms with E-state index in [1.807, 2.05) is 0 Å². The van der Waals surface area contributed by atoms with Crippen molar-refractivity contribution < 1.29 is 0 Å². The van der Waals surface area contributed by atoms with Crippen LogP contribution in [0.4, 0.5) is 0 Å². The van der Waals surface area contributed by atoms with E-state index in [2.05, 4.69) is 13.0 Å². The van der Waals surface area contributed by atoms with Crippen molar-refractivity contribution in [3.63, 3.8) is 0 Å². The molecule has 1 saturated carbocycles. The fourth-order valence-corrected chi connectivity index (χ4v) is 2.56. The fourth-order valence-electron chi connectivity index (χ4n) is 2.56. The molecule has 0 bridgehead atoms. The first-order valence-corrected chi connectivity index (χ1v) is 4.53. The SMILES string of the molecule is CC1=CC2CCCCC2C1. The first-order chi connectivity index (χ1) is 4.86. The Hall–Kier alpha value is -0.260. The normalized spacial score (nSPS) is 39.1. The Bertz CT molecular complexity index is 155. The maximum atomic E-state index is 2.52. The van der Waals surface area contributed by atoms with Gasteiger partial charge < -0.3 is 0 Å². The molecule has 0 heteroatoms. The zero-order valence-electron chi connectivity index (χ0n) is 6.77. The van der Waals surface area contributed by atoms with E-state index >= 15 is 0 Å². The van der Waals surface area contributed by atoms with Gasteiger partial charge in [-0.3, -0.25) is 0 Å². The van der Waals surface area contributed by atoms with Crippen molar-refractivity contribution in [2.45, 2.75) is 39.0 Å². The molecule has 0 amide bonds. The van der Waals surface area contributed by atoms with Crippen molar-refractivity contribution in [3.05, 3.63) is 11.6 Å². The van der Waals surface area contributed by atoms with E-state index < -0.39 is 0 Å². The Morgan fingerprint density at radius 2 is 2.10 bits per heavy atom. The zero-order chi connectivity index (χ0) is 6.97. The first-order valence-electron chi connectivity index (χ1n) is 4.53. The summed E-state index contributed by atoms with van der Waals surface area (Å²) in [7, 11) is 0. The predicted octanol–water partition coefficient (Wildman–Crippen LogP) is 3.14. The minimum atomic E-state index is 0.980. The van der Waals surface area contributed by atoms with E-state index in [9.17, 15) is 0 Å². The standard InChI is InChI=1S/C10H16/c1-8-6-9-4-2-3-5-10(9)7-8/h6,9-10H,2-5,7H2,1H3. The third-order valence-corrected chi connectivity index (χ3v) is 3.05. The van der Waals surface area contributed by atoms with E-state index in [1.165, 1.54) is 32.1 Å². The molecule has 2 aliphatic rings. The highest BCUT2D eigenvalue weighted by Gasteiger charge is 2.27. The van der Waals surface area contributed by atoms with Gasteiger partial charge in [0.05, 0.1) is 0 Å². The van der Waals surface area contributed by atoms with E-state index in [0.29, 0.717) is 0 Å². The lowest BCUT2D eigenvalue weighted by atomic mass is 9.81. The van der Waals surface area contributed by atoms with Crippen LogP contribution in [-0.4, -0.2) is 0 Å². The van der Waals surface area contributed by atoms with Gasteiger partial charge in [0.25, 0.3) is 0 Å². The second-order valence-corrected chi connectivity index (χ2v) is 3.93. The molecule has 2 unspecified atom stereocenters. The maximum absolute atomic E-state index is 2.52. The van der Waals surface area contributed by atoms with E-state index in [4.69, 9.17) is 0 Å². The van der Waals surface area contributed by atoms with Crippen LogP contribution in [-0.2, 0) is 0 Å². The third-order valence-electron chi connectivity index (χ3n) is 3.05.